The van der Waals surface area contributed by atoms with Gasteiger partial charge in [-0.2, -0.15) is 0 Å². The van der Waals surface area contributed by atoms with Crippen molar-refractivity contribution in [2.45, 2.75) is 20.0 Å². The summed E-state index contributed by atoms with van der Waals surface area (Å²) in [6.45, 7) is 4.95. The van der Waals surface area contributed by atoms with Gasteiger partial charge < -0.3 is 5.73 Å². The molecule has 0 aliphatic heterocycles. The zero-order valence-electron chi connectivity index (χ0n) is 10.6. The molecule has 4 heteroatoms. The monoisotopic (exact) mass is 242 g/mol. The summed E-state index contributed by atoms with van der Waals surface area (Å²) in [5, 5.41) is 0. The standard InChI is InChI=1S/C14H18N4/c1-2-18(10-12-5-7-16-8-6-12)11-13-3-4-14(15)17-9-13/h3-9H,2,10-11H2,1H3,(H2,15,17). The van der Waals surface area contributed by atoms with Gasteiger partial charge in [0.05, 0.1) is 0 Å². The van der Waals surface area contributed by atoms with Crippen molar-refractivity contribution in [3.8, 4) is 0 Å². The fourth-order valence-corrected chi connectivity index (χ4v) is 1.81. The predicted molar refractivity (Wildman–Crippen MR) is 72.7 cm³/mol. The van der Waals surface area contributed by atoms with E-state index in [1.54, 1.807) is 0 Å². The molecule has 2 rings (SSSR count). The lowest BCUT2D eigenvalue weighted by Gasteiger charge is -2.20. The second kappa shape index (κ2) is 6.12. The van der Waals surface area contributed by atoms with Crippen LogP contribution in [0.2, 0.25) is 0 Å². The number of hydrogen-bond donors (Lipinski definition) is 1. The van der Waals surface area contributed by atoms with Crippen molar-refractivity contribution in [1.82, 2.24) is 14.9 Å². The molecule has 0 spiro atoms. The molecular formula is C14H18N4. The molecule has 0 aliphatic rings. The number of rotatable bonds is 5. The minimum Gasteiger partial charge on any atom is -0.384 e. The predicted octanol–water partition coefficient (Wildman–Crippen LogP) is 2.08. The Bertz CT molecular complexity index is 467. The maximum Gasteiger partial charge on any atom is 0.123 e. The molecule has 0 bridgehead atoms. The summed E-state index contributed by atoms with van der Waals surface area (Å²) in [5.41, 5.74) is 8.04. The number of anilines is 1. The quantitative estimate of drug-likeness (QED) is 0.872. The molecule has 0 atom stereocenters. The lowest BCUT2D eigenvalue weighted by molar-refractivity contribution is 0.271. The molecular weight excluding hydrogens is 224 g/mol. The third-order valence-corrected chi connectivity index (χ3v) is 2.86. The van der Waals surface area contributed by atoms with Gasteiger partial charge in [-0.3, -0.25) is 9.88 Å². The third kappa shape index (κ3) is 3.53. The van der Waals surface area contributed by atoms with Gasteiger partial charge in [-0.15, -0.1) is 0 Å². The number of nitrogen functional groups attached to an aromatic ring is 1. The van der Waals surface area contributed by atoms with Crippen LogP contribution in [0, 0.1) is 0 Å². The number of nitrogens with zero attached hydrogens (tertiary/aromatic N) is 3. The second-order valence-corrected chi connectivity index (χ2v) is 4.25. The molecule has 0 fully saturated rings. The third-order valence-electron chi connectivity index (χ3n) is 2.86. The average Bonchev–Trinajstić information content (AvgIpc) is 2.41. The van der Waals surface area contributed by atoms with Gasteiger partial charge in [-0.05, 0) is 35.9 Å². The maximum atomic E-state index is 5.58. The molecule has 2 aromatic rings. The Balaban J connectivity index is 1.99. The van der Waals surface area contributed by atoms with Crippen LogP contribution in [0.5, 0.6) is 0 Å². The molecule has 18 heavy (non-hydrogen) atoms. The topological polar surface area (TPSA) is 55.0 Å². The van der Waals surface area contributed by atoms with Crippen LogP contribution >= 0.6 is 0 Å². The fourth-order valence-electron chi connectivity index (χ4n) is 1.81. The van der Waals surface area contributed by atoms with Crippen LogP contribution in [0.1, 0.15) is 18.1 Å². The van der Waals surface area contributed by atoms with Crippen LogP contribution in [0.3, 0.4) is 0 Å². The van der Waals surface area contributed by atoms with E-state index in [-0.39, 0.29) is 0 Å². The van der Waals surface area contributed by atoms with Crippen LogP contribution < -0.4 is 5.73 Å². The fraction of sp³-hybridized carbons (Fsp3) is 0.286. The number of hydrogen-bond acceptors (Lipinski definition) is 4. The summed E-state index contributed by atoms with van der Waals surface area (Å²) >= 11 is 0. The molecule has 0 unspecified atom stereocenters. The normalized spacial score (nSPS) is 10.8. The Morgan fingerprint density at radius 1 is 1.06 bits per heavy atom. The van der Waals surface area contributed by atoms with Crippen LogP contribution in [0.15, 0.2) is 42.9 Å². The minimum absolute atomic E-state index is 0.566. The molecule has 2 heterocycles. The minimum atomic E-state index is 0.566. The smallest absolute Gasteiger partial charge is 0.123 e. The molecule has 4 nitrogen and oxygen atoms in total. The molecule has 2 N–H and O–H groups in total. The van der Waals surface area contributed by atoms with Crippen molar-refractivity contribution in [2.75, 3.05) is 12.3 Å². The van der Waals surface area contributed by atoms with E-state index < -0.39 is 0 Å². The highest BCUT2D eigenvalue weighted by Gasteiger charge is 2.05. The molecule has 0 aliphatic carbocycles. The van der Waals surface area contributed by atoms with Crippen molar-refractivity contribution >= 4 is 5.82 Å². The van der Waals surface area contributed by atoms with E-state index in [4.69, 9.17) is 5.73 Å². The average molecular weight is 242 g/mol. The van der Waals surface area contributed by atoms with Gasteiger partial charge in [-0.25, -0.2) is 4.98 Å². The van der Waals surface area contributed by atoms with Crippen molar-refractivity contribution in [3.05, 3.63) is 54.0 Å². The first-order chi connectivity index (χ1) is 8.78. The molecule has 0 aromatic carbocycles. The molecule has 0 radical (unpaired) electrons. The summed E-state index contributed by atoms with van der Waals surface area (Å²) < 4.78 is 0. The highest BCUT2D eigenvalue weighted by atomic mass is 15.1. The van der Waals surface area contributed by atoms with Crippen LogP contribution in [-0.4, -0.2) is 21.4 Å². The number of aromatic nitrogens is 2. The Kier molecular flexibility index (Phi) is 4.25. The first kappa shape index (κ1) is 12.5. The van der Waals surface area contributed by atoms with E-state index in [9.17, 15) is 0 Å². The van der Waals surface area contributed by atoms with E-state index in [2.05, 4.69) is 21.8 Å². The molecule has 0 saturated heterocycles. The number of pyridine rings is 2. The molecule has 2 aromatic heterocycles. The summed E-state index contributed by atoms with van der Waals surface area (Å²) in [7, 11) is 0. The first-order valence-electron chi connectivity index (χ1n) is 6.09. The lowest BCUT2D eigenvalue weighted by Crippen LogP contribution is -2.22. The number of nitrogens with two attached hydrogens (primary N) is 1. The molecule has 0 saturated carbocycles. The SMILES string of the molecule is CCN(Cc1ccncc1)Cc1ccc(N)nc1. The van der Waals surface area contributed by atoms with Crippen LogP contribution in [0.4, 0.5) is 5.82 Å². The van der Waals surface area contributed by atoms with Crippen molar-refractivity contribution in [2.24, 2.45) is 0 Å². The van der Waals surface area contributed by atoms with Crippen molar-refractivity contribution in [3.63, 3.8) is 0 Å². The summed E-state index contributed by atoms with van der Waals surface area (Å²) in [6.07, 6.45) is 5.49. The summed E-state index contributed by atoms with van der Waals surface area (Å²) in [4.78, 5) is 10.5. The van der Waals surface area contributed by atoms with Crippen LogP contribution in [-0.2, 0) is 13.1 Å². The van der Waals surface area contributed by atoms with Crippen molar-refractivity contribution < 1.29 is 0 Å². The van der Waals surface area contributed by atoms with E-state index in [1.807, 2.05) is 42.9 Å². The summed E-state index contributed by atoms with van der Waals surface area (Å²) in [6, 6.07) is 7.96. The van der Waals surface area contributed by atoms with Crippen LogP contribution in [0.25, 0.3) is 0 Å². The Morgan fingerprint density at radius 2 is 1.78 bits per heavy atom. The van der Waals surface area contributed by atoms with Gasteiger partial charge >= 0.3 is 0 Å². The zero-order chi connectivity index (χ0) is 12.8. The zero-order valence-corrected chi connectivity index (χ0v) is 10.6. The highest BCUT2D eigenvalue weighted by molar-refractivity contribution is 5.29. The molecule has 0 amide bonds. The summed E-state index contributed by atoms with van der Waals surface area (Å²) in [5.74, 6) is 0.566. The Labute approximate surface area is 107 Å². The van der Waals surface area contributed by atoms with Crippen molar-refractivity contribution in [1.29, 1.82) is 0 Å². The lowest BCUT2D eigenvalue weighted by atomic mass is 10.2. The second-order valence-electron chi connectivity index (χ2n) is 4.25. The van der Waals surface area contributed by atoms with E-state index in [1.165, 1.54) is 11.1 Å². The molecule has 94 valence electrons. The van der Waals surface area contributed by atoms with E-state index in [0.29, 0.717) is 5.82 Å². The van der Waals surface area contributed by atoms with Gasteiger partial charge in [0, 0.05) is 31.7 Å². The van der Waals surface area contributed by atoms with E-state index >= 15 is 0 Å². The van der Waals surface area contributed by atoms with Gasteiger partial charge in [0.15, 0.2) is 0 Å². The Morgan fingerprint density at radius 3 is 2.39 bits per heavy atom. The largest absolute Gasteiger partial charge is 0.384 e. The van der Waals surface area contributed by atoms with Gasteiger partial charge in [0.25, 0.3) is 0 Å². The van der Waals surface area contributed by atoms with Gasteiger partial charge in [0.1, 0.15) is 5.82 Å². The highest BCUT2D eigenvalue weighted by Crippen LogP contribution is 2.09. The van der Waals surface area contributed by atoms with Gasteiger partial charge in [-0.1, -0.05) is 13.0 Å². The van der Waals surface area contributed by atoms with E-state index in [0.717, 1.165) is 19.6 Å². The first-order valence-corrected chi connectivity index (χ1v) is 6.09. The van der Waals surface area contributed by atoms with Gasteiger partial charge in [0.2, 0.25) is 0 Å². The Hall–Kier alpha value is -1.94. The maximum absolute atomic E-state index is 5.58.